The van der Waals surface area contributed by atoms with E-state index in [1.54, 1.807) is 18.2 Å². The molecule has 29 heavy (non-hydrogen) atoms. The third kappa shape index (κ3) is 4.41. The predicted molar refractivity (Wildman–Crippen MR) is 114 cm³/mol. The second-order valence-electron chi connectivity index (χ2n) is 6.81. The number of fused-ring (bicyclic) bond motifs is 1. The number of aromatic nitrogens is 1. The second kappa shape index (κ2) is 7.97. The second-order valence-corrected chi connectivity index (χ2v) is 7.25. The summed E-state index contributed by atoms with van der Waals surface area (Å²) in [5, 5.41) is 3.49. The number of ether oxygens (including phenoxy) is 1. The number of rotatable bonds is 5. The third-order valence-corrected chi connectivity index (χ3v) is 4.73. The number of oxazole rings is 1. The molecule has 1 amide bonds. The number of carbonyl (C=O) groups excluding carboxylic acids is 1. The number of carbonyl (C=O) groups is 1. The molecule has 0 saturated carbocycles. The summed E-state index contributed by atoms with van der Waals surface area (Å²) in [6.45, 7) is 3.85. The number of nitrogens with one attached hydrogen (secondary N) is 1. The molecule has 0 spiro atoms. The SMILES string of the molecule is Cc1ccc(OCC(=O)Nc2cc(-c3nc4cc(Cl)ccc4o3)ccc2C)cc1. The summed E-state index contributed by atoms with van der Waals surface area (Å²) in [4.78, 5) is 16.8. The number of anilines is 1. The lowest BCUT2D eigenvalue weighted by atomic mass is 10.1. The Balaban J connectivity index is 1.50. The van der Waals surface area contributed by atoms with Crippen LogP contribution in [0.25, 0.3) is 22.6 Å². The van der Waals surface area contributed by atoms with Gasteiger partial charge < -0.3 is 14.5 Å². The van der Waals surface area contributed by atoms with Gasteiger partial charge in [0.15, 0.2) is 12.2 Å². The molecule has 5 nitrogen and oxygen atoms in total. The van der Waals surface area contributed by atoms with Gasteiger partial charge in [0.25, 0.3) is 5.91 Å². The fraction of sp³-hybridized carbons (Fsp3) is 0.130. The van der Waals surface area contributed by atoms with E-state index in [4.69, 9.17) is 20.8 Å². The first-order chi connectivity index (χ1) is 14.0. The van der Waals surface area contributed by atoms with Crippen LogP contribution in [-0.4, -0.2) is 17.5 Å². The Bertz CT molecular complexity index is 1180. The zero-order valence-electron chi connectivity index (χ0n) is 16.0. The minimum atomic E-state index is -0.241. The molecular weight excluding hydrogens is 388 g/mol. The van der Waals surface area contributed by atoms with Crippen LogP contribution in [0.4, 0.5) is 5.69 Å². The van der Waals surface area contributed by atoms with Gasteiger partial charge in [0.1, 0.15) is 11.3 Å². The molecule has 1 heterocycles. The molecule has 4 rings (SSSR count). The van der Waals surface area contributed by atoms with Crippen molar-refractivity contribution in [2.24, 2.45) is 0 Å². The van der Waals surface area contributed by atoms with Gasteiger partial charge in [-0.05, 0) is 61.9 Å². The summed E-state index contributed by atoms with van der Waals surface area (Å²) in [6, 6.07) is 18.5. The average molecular weight is 407 g/mol. The highest BCUT2D eigenvalue weighted by molar-refractivity contribution is 6.31. The van der Waals surface area contributed by atoms with Gasteiger partial charge in [0, 0.05) is 16.3 Å². The van der Waals surface area contributed by atoms with Crippen LogP contribution < -0.4 is 10.1 Å². The van der Waals surface area contributed by atoms with Gasteiger partial charge in [0.05, 0.1) is 0 Å². The van der Waals surface area contributed by atoms with Crippen molar-refractivity contribution < 1.29 is 13.9 Å². The smallest absolute Gasteiger partial charge is 0.262 e. The van der Waals surface area contributed by atoms with Crippen LogP contribution >= 0.6 is 11.6 Å². The molecule has 6 heteroatoms. The van der Waals surface area contributed by atoms with Crippen molar-refractivity contribution in [3.8, 4) is 17.2 Å². The van der Waals surface area contributed by atoms with E-state index >= 15 is 0 Å². The maximum absolute atomic E-state index is 12.3. The molecule has 0 fully saturated rings. The lowest BCUT2D eigenvalue weighted by molar-refractivity contribution is -0.118. The molecular formula is C23H19ClN2O3. The monoisotopic (exact) mass is 406 g/mol. The minimum absolute atomic E-state index is 0.0753. The van der Waals surface area contributed by atoms with Crippen molar-refractivity contribution in [3.05, 3.63) is 76.8 Å². The quantitative estimate of drug-likeness (QED) is 0.456. The highest BCUT2D eigenvalue weighted by atomic mass is 35.5. The van der Waals surface area contributed by atoms with Gasteiger partial charge in [-0.15, -0.1) is 0 Å². The molecule has 1 aromatic heterocycles. The van der Waals surface area contributed by atoms with Crippen molar-refractivity contribution >= 4 is 34.3 Å². The number of nitrogens with zero attached hydrogens (tertiary/aromatic N) is 1. The van der Waals surface area contributed by atoms with Crippen molar-refractivity contribution in [1.29, 1.82) is 0 Å². The van der Waals surface area contributed by atoms with Crippen LogP contribution in [0.2, 0.25) is 5.02 Å². The Morgan fingerprint density at radius 3 is 2.66 bits per heavy atom. The standard InChI is InChI=1S/C23H19ClN2O3/c1-14-3-8-18(9-4-14)28-13-22(27)25-19-11-16(6-5-15(19)2)23-26-20-12-17(24)7-10-21(20)29-23/h3-12H,13H2,1-2H3,(H,25,27). The van der Waals surface area contributed by atoms with Crippen LogP contribution in [0.15, 0.2) is 65.1 Å². The lowest BCUT2D eigenvalue weighted by Crippen LogP contribution is -2.20. The van der Waals surface area contributed by atoms with E-state index in [-0.39, 0.29) is 12.5 Å². The number of hydrogen-bond acceptors (Lipinski definition) is 4. The molecule has 0 atom stereocenters. The predicted octanol–water partition coefficient (Wildman–Crippen LogP) is 5.78. The maximum atomic E-state index is 12.3. The molecule has 4 aromatic rings. The minimum Gasteiger partial charge on any atom is -0.484 e. The summed E-state index contributed by atoms with van der Waals surface area (Å²) >= 11 is 6.02. The van der Waals surface area contributed by atoms with E-state index in [1.165, 1.54) is 0 Å². The Labute approximate surface area is 173 Å². The van der Waals surface area contributed by atoms with Crippen molar-refractivity contribution in [1.82, 2.24) is 4.98 Å². The first-order valence-corrected chi connectivity index (χ1v) is 9.52. The molecule has 0 aliphatic heterocycles. The molecule has 0 radical (unpaired) electrons. The van der Waals surface area contributed by atoms with E-state index in [0.29, 0.717) is 33.4 Å². The summed E-state index contributed by atoms with van der Waals surface area (Å²) in [5.41, 5.74) is 4.84. The first kappa shape index (κ1) is 19.0. The average Bonchev–Trinajstić information content (AvgIpc) is 3.12. The van der Waals surface area contributed by atoms with Crippen molar-refractivity contribution in [2.75, 3.05) is 11.9 Å². The normalized spacial score (nSPS) is 10.9. The Kier molecular flexibility index (Phi) is 5.23. The van der Waals surface area contributed by atoms with Gasteiger partial charge >= 0.3 is 0 Å². The van der Waals surface area contributed by atoms with Gasteiger partial charge in [0.2, 0.25) is 5.89 Å². The largest absolute Gasteiger partial charge is 0.484 e. The van der Waals surface area contributed by atoms with E-state index in [2.05, 4.69) is 10.3 Å². The molecule has 146 valence electrons. The highest BCUT2D eigenvalue weighted by Crippen LogP contribution is 2.29. The molecule has 0 aliphatic rings. The molecule has 3 aromatic carbocycles. The van der Waals surface area contributed by atoms with Crippen molar-refractivity contribution in [3.63, 3.8) is 0 Å². The van der Waals surface area contributed by atoms with Crippen LogP contribution in [0.3, 0.4) is 0 Å². The van der Waals surface area contributed by atoms with E-state index in [0.717, 1.165) is 16.7 Å². The van der Waals surface area contributed by atoms with Crippen molar-refractivity contribution in [2.45, 2.75) is 13.8 Å². The summed E-state index contributed by atoms with van der Waals surface area (Å²) in [5.74, 6) is 0.880. The summed E-state index contributed by atoms with van der Waals surface area (Å²) < 4.78 is 11.4. The summed E-state index contributed by atoms with van der Waals surface area (Å²) in [6.07, 6.45) is 0. The molecule has 0 saturated heterocycles. The van der Waals surface area contributed by atoms with Crippen LogP contribution in [0.5, 0.6) is 5.75 Å². The number of benzene rings is 3. The third-order valence-electron chi connectivity index (χ3n) is 4.50. The highest BCUT2D eigenvalue weighted by Gasteiger charge is 2.12. The molecule has 0 bridgehead atoms. The number of amides is 1. The number of hydrogen-bond donors (Lipinski definition) is 1. The molecule has 0 unspecified atom stereocenters. The zero-order valence-corrected chi connectivity index (χ0v) is 16.8. The summed E-state index contributed by atoms with van der Waals surface area (Å²) in [7, 11) is 0. The first-order valence-electron chi connectivity index (χ1n) is 9.14. The fourth-order valence-electron chi connectivity index (χ4n) is 2.88. The van der Waals surface area contributed by atoms with E-state index < -0.39 is 0 Å². The number of aryl methyl sites for hydroxylation is 2. The maximum Gasteiger partial charge on any atom is 0.262 e. The molecule has 0 aliphatic carbocycles. The van der Waals surface area contributed by atoms with Gasteiger partial charge in [-0.1, -0.05) is 35.4 Å². The van der Waals surface area contributed by atoms with E-state index in [9.17, 15) is 4.79 Å². The zero-order chi connectivity index (χ0) is 20.4. The van der Waals surface area contributed by atoms with Crippen LogP contribution in [0, 0.1) is 13.8 Å². The van der Waals surface area contributed by atoms with Crippen LogP contribution in [0.1, 0.15) is 11.1 Å². The Morgan fingerprint density at radius 2 is 1.86 bits per heavy atom. The van der Waals surface area contributed by atoms with E-state index in [1.807, 2.05) is 56.3 Å². The van der Waals surface area contributed by atoms with Gasteiger partial charge in [-0.25, -0.2) is 4.98 Å². The Hall–Kier alpha value is -3.31. The van der Waals surface area contributed by atoms with Crippen LogP contribution in [-0.2, 0) is 4.79 Å². The van der Waals surface area contributed by atoms with Gasteiger partial charge in [-0.3, -0.25) is 4.79 Å². The topological polar surface area (TPSA) is 64.4 Å². The fourth-order valence-corrected chi connectivity index (χ4v) is 3.05. The molecule has 1 N–H and O–H groups in total. The van der Waals surface area contributed by atoms with Gasteiger partial charge in [-0.2, -0.15) is 0 Å². The number of halogens is 1. The Morgan fingerprint density at radius 1 is 1.07 bits per heavy atom. The lowest BCUT2D eigenvalue weighted by Gasteiger charge is -2.11.